The van der Waals surface area contributed by atoms with Crippen molar-refractivity contribution in [3.63, 3.8) is 0 Å². The maximum Gasteiger partial charge on any atom is 0.416 e. The van der Waals surface area contributed by atoms with Gasteiger partial charge >= 0.3 is 6.18 Å². The van der Waals surface area contributed by atoms with Crippen LogP contribution in [-0.2, 0) is 6.18 Å². The second kappa shape index (κ2) is 6.59. The zero-order valence-corrected chi connectivity index (χ0v) is 13.2. The molecule has 24 heavy (non-hydrogen) atoms. The van der Waals surface area contributed by atoms with Crippen LogP contribution in [0.15, 0.2) is 53.3 Å². The minimum absolute atomic E-state index is 0.0365. The summed E-state index contributed by atoms with van der Waals surface area (Å²) in [6, 6.07) is 5.62. The van der Waals surface area contributed by atoms with Gasteiger partial charge in [-0.2, -0.15) is 13.2 Å². The average Bonchev–Trinajstić information content (AvgIpc) is 2.61. The molecule has 0 aromatic heterocycles. The summed E-state index contributed by atoms with van der Waals surface area (Å²) in [5.41, 5.74) is 0.340. The van der Waals surface area contributed by atoms with Gasteiger partial charge in [-0.15, -0.1) is 0 Å². The standard InChI is InChI=1S/C17H19F3N4/c1-21-15-10-14(13-8-4-5-9-22-13)23-16(24-15)11-6-2-3-7-12(11)17(18,19)20/h2-3,5-7,9-10,13,16,22-23H,4,8H2,1H3,(H,21,24). The molecule has 0 saturated carbocycles. The number of hydrogen-bond acceptors (Lipinski definition) is 3. The molecular weight excluding hydrogens is 317 g/mol. The van der Waals surface area contributed by atoms with Crippen LogP contribution in [0, 0.1) is 0 Å². The summed E-state index contributed by atoms with van der Waals surface area (Å²) in [6.07, 6.45) is 2.45. The van der Waals surface area contributed by atoms with Gasteiger partial charge in [-0.1, -0.05) is 24.3 Å². The molecule has 1 aromatic rings. The molecule has 2 atom stereocenters. The van der Waals surface area contributed by atoms with E-state index in [0.29, 0.717) is 5.84 Å². The largest absolute Gasteiger partial charge is 0.416 e. The number of nitrogens with zero attached hydrogens (tertiary/aromatic N) is 1. The highest BCUT2D eigenvalue weighted by molar-refractivity contribution is 5.94. The molecule has 4 nitrogen and oxygen atoms in total. The van der Waals surface area contributed by atoms with E-state index in [9.17, 15) is 13.2 Å². The second-order valence-electron chi connectivity index (χ2n) is 5.71. The van der Waals surface area contributed by atoms with Gasteiger partial charge in [0, 0.05) is 24.4 Å². The van der Waals surface area contributed by atoms with Crippen molar-refractivity contribution < 1.29 is 13.2 Å². The Labute approximate surface area is 138 Å². The Bertz CT molecular complexity index is 691. The minimum atomic E-state index is -4.41. The number of alkyl halides is 3. The van der Waals surface area contributed by atoms with Crippen molar-refractivity contribution in [2.45, 2.75) is 31.2 Å². The van der Waals surface area contributed by atoms with Crippen molar-refractivity contribution >= 4 is 5.84 Å². The molecule has 3 N–H and O–H groups in total. The Balaban J connectivity index is 1.93. The van der Waals surface area contributed by atoms with Crippen molar-refractivity contribution in [3.05, 3.63) is 59.4 Å². The van der Waals surface area contributed by atoms with Crippen LogP contribution >= 0.6 is 0 Å². The van der Waals surface area contributed by atoms with E-state index in [1.54, 1.807) is 13.1 Å². The van der Waals surface area contributed by atoms with Crippen LogP contribution in [0.5, 0.6) is 0 Å². The van der Waals surface area contributed by atoms with Gasteiger partial charge in [-0.05, 0) is 25.1 Å². The lowest BCUT2D eigenvalue weighted by atomic mass is 9.99. The Kier molecular flexibility index (Phi) is 4.51. The number of allylic oxidation sites excluding steroid dienone is 1. The molecule has 0 fully saturated rings. The number of halogens is 3. The molecule has 0 spiro atoms. The van der Waals surface area contributed by atoms with Crippen molar-refractivity contribution in [2.24, 2.45) is 4.99 Å². The molecule has 0 aliphatic carbocycles. The maximum absolute atomic E-state index is 13.3. The van der Waals surface area contributed by atoms with Crippen molar-refractivity contribution in [1.29, 1.82) is 0 Å². The van der Waals surface area contributed by atoms with E-state index in [1.807, 2.05) is 18.4 Å². The lowest BCUT2D eigenvalue weighted by molar-refractivity contribution is -0.138. The van der Waals surface area contributed by atoms with Crippen LogP contribution in [0.2, 0.25) is 0 Å². The van der Waals surface area contributed by atoms with Crippen molar-refractivity contribution in [1.82, 2.24) is 16.0 Å². The third-order valence-corrected chi connectivity index (χ3v) is 4.13. The lowest BCUT2D eigenvalue weighted by Crippen LogP contribution is -2.47. The third-order valence-electron chi connectivity index (χ3n) is 4.13. The summed E-state index contributed by atoms with van der Waals surface area (Å²) in [5.74, 6) is 0.557. The molecule has 2 aliphatic rings. The van der Waals surface area contributed by atoms with Crippen LogP contribution in [-0.4, -0.2) is 18.9 Å². The van der Waals surface area contributed by atoms with Crippen LogP contribution in [0.25, 0.3) is 0 Å². The first kappa shape index (κ1) is 16.4. The zero-order chi connectivity index (χ0) is 17.2. The molecule has 1 aromatic carbocycles. The van der Waals surface area contributed by atoms with Crippen LogP contribution < -0.4 is 16.0 Å². The molecule has 2 heterocycles. The highest BCUT2D eigenvalue weighted by atomic mass is 19.4. The van der Waals surface area contributed by atoms with E-state index in [2.05, 4.69) is 20.9 Å². The quantitative estimate of drug-likeness (QED) is 0.778. The van der Waals surface area contributed by atoms with Gasteiger partial charge in [0.25, 0.3) is 0 Å². The average molecular weight is 336 g/mol. The van der Waals surface area contributed by atoms with E-state index in [1.165, 1.54) is 12.1 Å². The Morgan fingerprint density at radius 2 is 1.96 bits per heavy atom. The maximum atomic E-state index is 13.3. The number of nitrogens with one attached hydrogen (secondary N) is 3. The number of rotatable bonds is 2. The first-order valence-electron chi connectivity index (χ1n) is 7.77. The summed E-state index contributed by atoms with van der Waals surface area (Å²) in [5, 5.41) is 9.44. The predicted octanol–water partition coefficient (Wildman–Crippen LogP) is 3.07. The monoisotopic (exact) mass is 336 g/mol. The second-order valence-corrected chi connectivity index (χ2v) is 5.71. The van der Waals surface area contributed by atoms with E-state index in [0.717, 1.165) is 24.6 Å². The molecule has 0 saturated heterocycles. The van der Waals surface area contributed by atoms with Gasteiger partial charge in [0.05, 0.1) is 11.6 Å². The summed E-state index contributed by atoms with van der Waals surface area (Å²) in [4.78, 5) is 4.12. The van der Waals surface area contributed by atoms with E-state index >= 15 is 0 Å². The van der Waals surface area contributed by atoms with Crippen LogP contribution in [0.1, 0.15) is 30.1 Å². The molecule has 0 bridgehead atoms. The fourth-order valence-corrected chi connectivity index (χ4v) is 2.93. The molecule has 2 aliphatic heterocycles. The predicted molar refractivity (Wildman–Crippen MR) is 87.2 cm³/mol. The summed E-state index contributed by atoms with van der Waals surface area (Å²) in [6.45, 7) is 0. The fraction of sp³-hybridized carbons (Fsp3) is 0.353. The molecule has 0 radical (unpaired) electrons. The highest BCUT2D eigenvalue weighted by Crippen LogP contribution is 2.34. The number of aliphatic imine (C=N–C) groups is 1. The molecule has 3 rings (SSSR count). The van der Waals surface area contributed by atoms with Gasteiger partial charge in [0.1, 0.15) is 12.0 Å². The Hall–Kier alpha value is -2.44. The lowest BCUT2D eigenvalue weighted by Gasteiger charge is -2.34. The van der Waals surface area contributed by atoms with Crippen molar-refractivity contribution in [3.8, 4) is 0 Å². The van der Waals surface area contributed by atoms with Gasteiger partial charge < -0.3 is 16.0 Å². The molecule has 0 amide bonds. The van der Waals surface area contributed by atoms with E-state index < -0.39 is 17.9 Å². The molecular formula is C17H19F3N4. The SMILES string of the molecule is CN=C1C=C(C2CCC=CN2)NC(c2ccccc2C(F)(F)F)N1. The number of amidine groups is 1. The Morgan fingerprint density at radius 1 is 1.17 bits per heavy atom. The first-order chi connectivity index (χ1) is 11.5. The molecule has 2 unspecified atom stereocenters. The molecule has 7 heteroatoms. The normalized spacial score (nSPS) is 25.5. The summed E-state index contributed by atoms with van der Waals surface area (Å²) < 4.78 is 39.9. The van der Waals surface area contributed by atoms with Gasteiger partial charge in [0.15, 0.2) is 0 Å². The van der Waals surface area contributed by atoms with E-state index in [4.69, 9.17) is 0 Å². The highest BCUT2D eigenvalue weighted by Gasteiger charge is 2.36. The Morgan fingerprint density at radius 3 is 2.62 bits per heavy atom. The third kappa shape index (κ3) is 3.39. The van der Waals surface area contributed by atoms with Crippen molar-refractivity contribution in [2.75, 3.05) is 7.05 Å². The van der Waals surface area contributed by atoms with E-state index in [-0.39, 0.29) is 11.6 Å². The van der Waals surface area contributed by atoms with Crippen LogP contribution in [0.3, 0.4) is 0 Å². The smallest absolute Gasteiger partial charge is 0.383 e. The summed E-state index contributed by atoms with van der Waals surface area (Å²) in [7, 11) is 1.61. The van der Waals surface area contributed by atoms with Gasteiger partial charge in [0.2, 0.25) is 0 Å². The summed E-state index contributed by atoms with van der Waals surface area (Å²) >= 11 is 0. The molecule has 128 valence electrons. The van der Waals surface area contributed by atoms with Crippen LogP contribution in [0.4, 0.5) is 13.2 Å². The fourth-order valence-electron chi connectivity index (χ4n) is 2.93. The zero-order valence-electron chi connectivity index (χ0n) is 13.2. The number of hydrogen-bond donors (Lipinski definition) is 3. The number of benzene rings is 1. The van der Waals surface area contributed by atoms with Gasteiger partial charge in [-0.25, -0.2) is 0 Å². The minimum Gasteiger partial charge on any atom is -0.383 e. The topological polar surface area (TPSA) is 48.5 Å². The van der Waals surface area contributed by atoms with Gasteiger partial charge in [-0.3, -0.25) is 4.99 Å². The first-order valence-corrected chi connectivity index (χ1v) is 7.77.